The van der Waals surface area contributed by atoms with Gasteiger partial charge in [-0.15, -0.1) is 11.6 Å². The van der Waals surface area contributed by atoms with Crippen LogP contribution in [0.5, 0.6) is 11.5 Å². The molecular formula is C12H16ClNO2. The summed E-state index contributed by atoms with van der Waals surface area (Å²) < 4.78 is 11.5. The molecule has 0 radical (unpaired) electrons. The molecule has 4 heteroatoms. The molecule has 1 heterocycles. The van der Waals surface area contributed by atoms with Crippen LogP contribution >= 0.6 is 11.6 Å². The first kappa shape index (κ1) is 11.6. The van der Waals surface area contributed by atoms with E-state index < -0.39 is 0 Å². The fourth-order valence-electron chi connectivity index (χ4n) is 1.74. The second-order valence-electron chi connectivity index (χ2n) is 3.95. The topological polar surface area (TPSA) is 21.7 Å². The summed E-state index contributed by atoms with van der Waals surface area (Å²) in [5.41, 5.74) is 0. The van der Waals surface area contributed by atoms with Crippen LogP contribution in [0.15, 0.2) is 24.3 Å². The molecular weight excluding hydrogens is 226 g/mol. The summed E-state index contributed by atoms with van der Waals surface area (Å²) >= 11 is 5.68. The van der Waals surface area contributed by atoms with E-state index in [0.29, 0.717) is 12.5 Å². The summed E-state index contributed by atoms with van der Waals surface area (Å²) in [4.78, 5) is 2.15. The predicted octanol–water partition coefficient (Wildman–Crippen LogP) is 2.00. The van der Waals surface area contributed by atoms with Crippen LogP contribution in [0, 0.1) is 0 Å². The molecule has 1 aromatic rings. The summed E-state index contributed by atoms with van der Waals surface area (Å²) in [6, 6.07) is 7.76. The van der Waals surface area contributed by atoms with E-state index in [0.717, 1.165) is 24.6 Å². The lowest BCUT2D eigenvalue weighted by atomic mass is 10.2. The predicted molar refractivity (Wildman–Crippen MR) is 64.6 cm³/mol. The molecule has 0 aliphatic carbocycles. The number of fused-ring (bicyclic) bond motifs is 1. The Morgan fingerprint density at radius 3 is 2.88 bits per heavy atom. The number of alkyl halides is 1. The van der Waals surface area contributed by atoms with Crippen LogP contribution in [-0.4, -0.2) is 43.6 Å². The molecule has 1 aliphatic heterocycles. The minimum atomic E-state index is 0.0862. The summed E-state index contributed by atoms with van der Waals surface area (Å²) in [5, 5.41) is 0. The Balaban J connectivity index is 1.92. The van der Waals surface area contributed by atoms with Crippen molar-refractivity contribution in [1.29, 1.82) is 0 Å². The van der Waals surface area contributed by atoms with E-state index in [1.165, 1.54) is 0 Å². The van der Waals surface area contributed by atoms with Gasteiger partial charge in [0.15, 0.2) is 11.5 Å². The second kappa shape index (κ2) is 5.41. The van der Waals surface area contributed by atoms with Crippen molar-refractivity contribution in [3.05, 3.63) is 24.3 Å². The SMILES string of the molecule is CN(CCCl)C[C@H]1COc2ccccc2O1. The lowest BCUT2D eigenvalue weighted by Gasteiger charge is -2.29. The van der Waals surface area contributed by atoms with Gasteiger partial charge in [0, 0.05) is 19.0 Å². The number of rotatable bonds is 4. The van der Waals surface area contributed by atoms with E-state index >= 15 is 0 Å². The number of ether oxygens (including phenoxy) is 2. The molecule has 0 saturated heterocycles. The Bertz CT molecular complexity index is 346. The van der Waals surface area contributed by atoms with E-state index in [2.05, 4.69) is 4.90 Å². The number of nitrogens with zero attached hydrogens (tertiary/aromatic N) is 1. The van der Waals surface area contributed by atoms with Crippen molar-refractivity contribution < 1.29 is 9.47 Å². The van der Waals surface area contributed by atoms with Crippen molar-refractivity contribution in [3.63, 3.8) is 0 Å². The van der Waals surface area contributed by atoms with Gasteiger partial charge in [-0.3, -0.25) is 0 Å². The molecule has 1 atom stereocenters. The van der Waals surface area contributed by atoms with E-state index in [1.807, 2.05) is 31.3 Å². The monoisotopic (exact) mass is 241 g/mol. The quantitative estimate of drug-likeness (QED) is 0.753. The highest BCUT2D eigenvalue weighted by Crippen LogP contribution is 2.30. The minimum Gasteiger partial charge on any atom is -0.486 e. The van der Waals surface area contributed by atoms with E-state index in [-0.39, 0.29) is 6.10 Å². The molecule has 0 aromatic heterocycles. The van der Waals surface area contributed by atoms with Crippen LogP contribution in [0.4, 0.5) is 0 Å². The lowest BCUT2D eigenvalue weighted by Crippen LogP contribution is -2.40. The van der Waals surface area contributed by atoms with E-state index in [1.54, 1.807) is 0 Å². The molecule has 0 fully saturated rings. The van der Waals surface area contributed by atoms with Crippen LogP contribution in [0.1, 0.15) is 0 Å². The number of para-hydroxylation sites is 2. The fraction of sp³-hybridized carbons (Fsp3) is 0.500. The van der Waals surface area contributed by atoms with Gasteiger partial charge >= 0.3 is 0 Å². The number of halogens is 1. The van der Waals surface area contributed by atoms with Crippen LogP contribution in [0.25, 0.3) is 0 Å². The molecule has 0 saturated carbocycles. The molecule has 2 rings (SSSR count). The van der Waals surface area contributed by atoms with Crippen molar-refractivity contribution in [3.8, 4) is 11.5 Å². The molecule has 0 spiro atoms. The summed E-state index contributed by atoms with van der Waals surface area (Å²) in [5.74, 6) is 2.30. The van der Waals surface area contributed by atoms with Crippen LogP contribution < -0.4 is 9.47 Å². The molecule has 88 valence electrons. The average molecular weight is 242 g/mol. The highest BCUT2D eigenvalue weighted by molar-refractivity contribution is 6.18. The summed E-state index contributed by atoms with van der Waals surface area (Å²) in [7, 11) is 2.03. The average Bonchev–Trinajstić information content (AvgIpc) is 2.29. The summed E-state index contributed by atoms with van der Waals surface area (Å²) in [6.45, 7) is 2.30. The van der Waals surface area contributed by atoms with Gasteiger partial charge in [-0.25, -0.2) is 0 Å². The van der Waals surface area contributed by atoms with Gasteiger partial charge in [0.05, 0.1) is 0 Å². The third kappa shape index (κ3) is 2.80. The van der Waals surface area contributed by atoms with Gasteiger partial charge in [0.2, 0.25) is 0 Å². The molecule has 0 unspecified atom stereocenters. The van der Waals surface area contributed by atoms with Crippen molar-refractivity contribution >= 4 is 11.6 Å². The molecule has 0 bridgehead atoms. The van der Waals surface area contributed by atoms with Crippen LogP contribution in [-0.2, 0) is 0 Å². The molecule has 1 aromatic carbocycles. The van der Waals surface area contributed by atoms with Crippen LogP contribution in [0.2, 0.25) is 0 Å². The first-order chi connectivity index (χ1) is 7.79. The van der Waals surface area contributed by atoms with Gasteiger partial charge in [-0.2, -0.15) is 0 Å². The Labute approximate surface area is 101 Å². The van der Waals surface area contributed by atoms with Crippen molar-refractivity contribution in [1.82, 2.24) is 4.90 Å². The van der Waals surface area contributed by atoms with Gasteiger partial charge in [-0.1, -0.05) is 12.1 Å². The van der Waals surface area contributed by atoms with Crippen LogP contribution in [0.3, 0.4) is 0 Å². The maximum absolute atomic E-state index is 5.84. The number of likely N-dealkylation sites (N-methyl/N-ethyl adjacent to an activating group) is 1. The standard InChI is InChI=1S/C12H16ClNO2/c1-14(7-6-13)8-10-9-15-11-4-2-3-5-12(11)16-10/h2-5,10H,6-9H2,1H3/t10-/m0/s1. The highest BCUT2D eigenvalue weighted by Gasteiger charge is 2.21. The molecule has 16 heavy (non-hydrogen) atoms. The van der Waals surface area contributed by atoms with E-state index in [9.17, 15) is 0 Å². The number of benzene rings is 1. The maximum atomic E-state index is 5.84. The molecule has 3 nitrogen and oxygen atoms in total. The molecule has 0 amide bonds. The Morgan fingerprint density at radius 1 is 1.38 bits per heavy atom. The fourth-order valence-corrected chi connectivity index (χ4v) is 2.02. The molecule has 1 aliphatic rings. The first-order valence-corrected chi connectivity index (χ1v) is 5.96. The Kier molecular flexibility index (Phi) is 3.91. The molecule has 0 N–H and O–H groups in total. The third-order valence-corrected chi connectivity index (χ3v) is 2.72. The van der Waals surface area contributed by atoms with Crippen molar-refractivity contribution in [2.75, 3.05) is 32.6 Å². The normalized spacial score (nSPS) is 18.8. The summed E-state index contributed by atoms with van der Waals surface area (Å²) in [6.07, 6.45) is 0.0862. The largest absolute Gasteiger partial charge is 0.486 e. The maximum Gasteiger partial charge on any atom is 0.161 e. The number of hydrogen-bond acceptors (Lipinski definition) is 3. The van der Waals surface area contributed by atoms with E-state index in [4.69, 9.17) is 21.1 Å². The zero-order valence-electron chi connectivity index (χ0n) is 9.36. The zero-order chi connectivity index (χ0) is 11.4. The first-order valence-electron chi connectivity index (χ1n) is 5.42. The van der Waals surface area contributed by atoms with Gasteiger partial charge in [0.25, 0.3) is 0 Å². The zero-order valence-corrected chi connectivity index (χ0v) is 10.1. The lowest BCUT2D eigenvalue weighted by molar-refractivity contribution is 0.0669. The Morgan fingerprint density at radius 2 is 2.12 bits per heavy atom. The van der Waals surface area contributed by atoms with Gasteiger partial charge in [0.1, 0.15) is 12.7 Å². The van der Waals surface area contributed by atoms with Gasteiger partial charge in [-0.05, 0) is 19.2 Å². The third-order valence-electron chi connectivity index (χ3n) is 2.55. The second-order valence-corrected chi connectivity index (χ2v) is 4.33. The number of hydrogen-bond donors (Lipinski definition) is 0. The smallest absolute Gasteiger partial charge is 0.161 e. The van der Waals surface area contributed by atoms with Crippen molar-refractivity contribution in [2.45, 2.75) is 6.10 Å². The highest BCUT2D eigenvalue weighted by atomic mass is 35.5. The van der Waals surface area contributed by atoms with Crippen molar-refractivity contribution in [2.24, 2.45) is 0 Å². The minimum absolute atomic E-state index is 0.0862. The Hall–Kier alpha value is -0.930. The van der Waals surface area contributed by atoms with Gasteiger partial charge < -0.3 is 14.4 Å².